The molecule has 0 spiro atoms. The molecule has 104 valence electrons. The van der Waals surface area contributed by atoms with Crippen LogP contribution in [0.2, 0.25) is 0 Å². The van der Waals surface area contributed by atoms with E-state index >= 15 is 0 Å². The van der Waals surface area contributed by atoms with Gasteiger partial charge in [-0.3, -0.25) is 4.79 Å². The first-order valence-corrected chi connectivity index (χ1v) is 6.40. The third kappa shape index (κ3) is 2.93. The highest BCUT2D eigenvalue weighted by molar-refractivity contribution is 5.84. The fourth-order valence-electron chi connectivity index (χ4n) is 1.83. The van der Waals surface area contributed by atoms with Gasteiger partial charge in [0.2, 0.25) is 5.91 Å². The van der Waals surface area contributed by atoms with Crippen LogP contribution < -0.4 is 21.9 Å². The van der Waals surface area contributed by atoms with Crippen molar-refractivity contribution in [2.45, 2.75) is 38.6 Å². The minimum absolute atomic E-state index is 0.0896. The molecule has 7 heteroatoms. The highest BCUT2D eigenvalue weighted by Gasteiger charge is 2.28. The van der Waals surface area contributed by atoms with Crippen LogP contribution in [0.1, 0.15) is 37.1 Å². The number of carbonyl (C=O) groups excluding carboxylic acids is 1. The summed E-state index contributed by atoms with van der Waals surface area (Å²) in [4.78, 5) is 20.5. The van der Waals surface area contributed by atoms with Gasteiger partial charge in [0.25, 0.3) is 0 Å². The summed E-state index contributed by atoms with van der Waals surface area (Å²) in [5.41, 5.74) is 3.39. The lowest BCUT2D eigenvalue weighted by atomic mass is 10.2. The van der Waals surface area contributed by atoms with Crippen LogP contribution in [0.5, 0.6) is 0 Å². The normalized spacial score (nSPS) is 15.8. The van der Waals surface area contributed by atoms with E-state index in [1.165, 1.54) is 0 Å². The molecule has 0 bridgehead atoms. The van der Waals surface area contributed by atoms with Crippen LogP contribution in [0, 0.1) is 6.92 Å². The zero-order valence-corrected chi connectivity index (χ0v) is 11.4. The first kappa shape index (κ1) is 13.5. The minimum Gasteiger partial charge on any atom is -0.358 e. The van der Waals surface area contributed by atoms with Crippen molar-refractivity contribution in [3.05, 3.63) is 11.4 Å². The molecule has 1 aliphatic carbocycles. The molecule has 5 N–H and O–H groups in total. The van der Waals surface area contributed by atoms with E-state index in [0.29, 0.717) is 17.6 Å². The van der Waals surface area contributed by atoms with Crippen molar-refractivity contribution in [2.75, 3.05) is 17.8 Å². The zero-order chi connectivity index (χ0) is 14.0. The molecule has 1 amide bonds. The Kier molecular flexibility index (Phi) is 3.84. The number of rotatable bonds is 5. The predicted molar refractivity (Wildman–Crippen MR) is 73.7 cm³/mol. The zero-order valence-electron chi connectivity index (χ0n) is 11.4. The predicted octanol–water partition coefficient (Wildman–Crippen LogP) is 0.494. The number of nitrogen functional groups attached to an aromatic ring is 1. The maximum atomic E-state index is 11.6. The molecule has 1 heterocycles. The van der Waals surface area contributed by atoms with E-state index in [0.717, 1.165) is 24.2 Å². The molecule has 1 atom stereocenters. The molecule has 7 nitrogen and oxygen atoms in total. The van der Waals surface area contributed by atoms with Crippen molar-refractivity contribution in [3.63, 3.8) is 0 Å². The number of carbonyl (C=O) groups is 1. The average molecular weight is 264 g/mol. The molecule has 1 aromatic rings. The van der Waals surface area contributed by atoms with E-state index in [-0.39, 0.29) is 11.9 Å². The number of hydrogen-bond donors (Lipinski definition) is 4. The highest BCUT2D eigenvalue weighted by atomic mass is 16.2. The highest BCUT2D eigenvalue weighted by Crippen LogP contribution is 2.39. The van der Waals surface area contributed by atoms with Gasteiger partial charge in [-0.15, -0.1) is 0 Å². The van der Waals surface area contributed by atoms with Gasteiger partial charge < -0.3 is 16.1 Å². The summed E-state index contributed by atoms with van der Waals surface area (Å²) in [6.07, 6.45) is 2.22. The Hall–Kier alpha value is -1.89. The quantitative estimate of drug-likeness (QED) is 0.456. The first-order valence-electron chi connectivity index (χ1n) is 6.40. The Balaban J connectivity index is 2.27. The maximum Gasteiger partial charge on any atom is 0.241 e. The number of nitrogens with two attached hydrogens (primary N) is 1. The minimum atomic E-state index is -0.365. The van der Waals surface area contributed by atoms with Crippen LogP contribution in [0.3, 0.4) is 0 Å². The van der Waals surface area contributed by atoms with Gasteiger partial charge in [-0.2, -0.15) is 0 Å². The summed E-state index contributed by atoms with van der Waals surface area (Å²) in [5.74, 6) is 7.85. The van der Waals surface area contributed by atoms with Crippen LogP contribution in [-0.4, -0.2) is 29.0 Å². The van der Waals surface area contributed by atoms with Crippen LogP contribution in [0.15, 0.2) is 0 Å². The van der Waals surface area contributed by atoms with Gasteiger partial charge in [-0.05, 0) is 26.7 Å². The molecular formula is C12H20N6O. The van der Waals surface area contributed by atoms with Gasteiger partial charge in [0.15, 0.2) is 0 Å². The Morgan fingerprint density at radius 3 is 2.53 bits per heavy atom. The summed E-state index contributed by atoms with van der Waals surface area (Å²) in [5, 5.41) is 5.70. The number of likely N-dealkylation sites (N-methyl/N-ethyl adjacent to an activating group) is 1. The van der Waals surface area contributed by atoms with Crippen LogP contribution in [-0.2, 0) is 4.79 Å². The fourth-order valence-corrected chi connectivity index (χ4v) is 1.83. The van der Waals surface area contributed by atoms with Crippen molar-refractivity contribution in [1.82, 2.24) is 15.3 Å². The molecule has 19 heavy (non-hydrogen) atoms. The molecule has 0 radical (unpaired) electrons. The summed E-state index contributed by atoms with van der Waals surface area (Å²) in [6.45, 7) is 3.65. The second kappa shape index (κ2) is 5.40. The third-order valence-electron chi connectivity index (χ3n) is 3.24. The Morgan fingerprint density at radius 1 is 1.37 bits per heavy atom. The van der Waals surface area contributed by atoms with E-state index in [1.807, 2.05) is 6.92 Å². The lowest BCUT2D eigenvalue weighted by Gasteiger charge is -2.17. The van der Waals surface area contributed by atoms with Gasteiger partial charge in [0, 0.05) is 18.5 Å². The summed E-state index contributed by atoms with van der Waals surface area (Å²) in [6, 6.07) is -0.365. The summed E-state index contributed by atoms with van der Waals surface area (Å²) >= 11 is 0. The standard InChI is InChI=1S/C12H20N6O/c1-6-9(15-7(2)12(19)14-3)16-11(8-4-5-8)17-10(6)18-13/h7-8H,4-5,13H2,1-3H3,(H,14,19)(H2,15,16,17,18). The van der Waals surface area contributed by atoms with Gasteiger partial charge in [-0.25, -0.2) is 15.8 Å². The van der Waals surface area contributed by atoms with E-state index in [2.05, 4.69) is 26.0 Å². The number of aromatic nitrogens is 2. The molecule has 2 rings (SSSR count). The van der Waals surface area contributed by atoms with Crippen molar-refractivity contribution in [1.29, 1.82) is 0 Å². The second-order valence-electron chi connectivity index (χ2n) is 4.80. The molecular weight excluding hydrogens is 244 g/mol. The van der Waals surface area contributed by atoms with Crippen molar-refractivity contribution in [3.8, 4) is 0 Å². The monoisotopic (exact) mass is 264 g/mol. The van der Waals surface area contributed by atoms with Gasteiger partial charge in [-0.1, -0.05) is 0 Å². The maximum absolute atomic E-state index is 11.6. The largest absolute Gasteiger partial charge is 0.358 e. The molecule has 0 aliphatic heterocycles. The third-order valence-corrected chi connectivity index (χ3v) is 3.24. The Morgan fingerprint density at radius 2 is 2.00 bits per heavy atom. The van der Waals surface area contributed by atoms with Gasteiger partial charge in [0.1, 0.15) is 23.5 Å². The molecule has 1 saturated carbocycles. The lowest BCUT2D eigenvalue weighted by Crippen LogP contribution is -2.35. The van der Waals surface area contributed by atoms with Crippen molar-refractivity contribution < 1.29 is 4.79 Å². The van der Waals surface area contributed by atoms with Crippen molar-refractivity contribution in [2.24, 2.45) is 5.84 Å². The van der Waals surface area contributed by atoms with Crippen LogP contribution >= 0.6 is 0 Å². The van der Waals surface area contributed by atoms with E-state index in [9.17, 15) is 4.79 Å². The van der Waals surface area contributed by atoms with Crippen molar-refractivity contribution >= 4 is 17.5 Å². The Labute approximate surface area is 112 Å². The number of anilines is 2. The molecule has 1 aromatic heterocycles. The number of hydrazine groups is 1. The fraction of sp³-hybridized carbons (Fsp3) is 0.583. The average Bonchev–Trinajstić information content (AvgIpc) is 3.24. The van der Waals surface area contributed by atoms with Crippen LogP contribution in [0.4, 0.5) is 11.6 Å². The van der Waals surface area contributed by atoms with E-state index in [1.54, 1.807) is 14.0 Å². The Bertz CT molecular complexity index is 485. The van der Waals surface area contributed by atoms with E-state index < -0.39 is 0 Å². The lowest BCUT2D eigenvalue weighted by molar-refractivity contribution is -0.121. The SMILES string of the molecule is CNC(=O)C(C)Nc1nc(C2CC2)nc(NN)c1C. The molecule has 0 saturated heterocycles. The summed E-state index contributed by atoms with van der Waals surface area (Å²) in [7, 11) is 1.61. The molecule has 1 unspecified atom stereocenters. The van der Waals surface area contributed by atoms with Gasteiger partial charge >= 0.3 is 0 Å². The molecule has 0 aromatic carbocycles. The number of amides is 1. The topological polar surface area (TPSA) is 105 Å². The molecule has 1 aliphatic rings. The second-order valence-corrected chi connectivity index (χ2v) is 4.80. The van der Waals surface area contributed by atoms with Crippen LogP contribution in [0.25, 0.3) is 0 Å². The van der Waals surface area contributed by atoms with E-state index in [4.69, 9.17) is 5.84 Å². The smallest absolute Gasteiger partial charge is 0.241 e. The number of nitrogens with zero attached hydrogens (tertiary/aromatic N) is 2. The number of hydrogen-bond acceptors (Lipinski definition) is 6. The molecule has 1 fully saturated rings. The summed E-state index contributed by atoms with van der Waals surface area (Å²) < 4.78 is 0. The number of nitrogens with one attached hydrogen (secondary N) is 3. The van der Waals surface area contributed by atoms with Gasteiger partial charge in [0.05, 0.1) is 0 Å². The first-order chi connectivity index (χ1) is 9.06.